The van der Waals surface area contributed by atoms with Crippen LogP contribution in [0.4, 0.5) is 0 Å². The molecule has 5 nitrogen and oxygen atoms in total. The molecule has 1 N–H and O–H groups in total. The van der Waals surface area contributed by atoms with E-state index >= 15 is 0 Å². The first-order valence-electron chi connectivity index (χ1n) is 5.62. The molecule has 0 aliphatic heterocycles. The van der Waals surface area contributed by atoms with E-state index in [4.69, 9.17) is 4.42 Å². The molecule has 0 aromatic carbocycles. The number of carbonyl (C=O) groups excluding carboxylic acids is 1. The topological polar surface area (TPSA) is 67.5 Å². The molecule has 2 heterocycles. The van der Waals surface area contributed by atoms with Gasteiger partial charge in [0.05, 0.1) is 12.0 Å². The number of nitrogens with zero attached hydrogens (tertiary/aromatic N) is 2. The third-order valence-electron chi connectivity index (χ3n) is 2.39. The third-order valence-corrected chi connectivity index (χ3v) is 2.39. The Morgan fingerprint density at radius 3 is 2.78 bits per heavy atom. The van der Waals surface area contributed by atoms with Gasteiger partial charge in [-0.2, -0.15) is 5.10 Å². The maximum absolute atomic E-state index is 11.6. The Bertz CT molecular complexity index is 533. The summed E-state index contributed by atoms with van der Waals surface area (Å²) in [6.45, 7) is 1.97. The average Bonchev–Trinajstić information content (AvgIpc) is 2.94. The number of hydrazone groups is 1. The molecule has 0 aliphatic carbocycles. The summed E-state index contributed by atoms with van der Waals surface area (Å²) in [7, 11) is 0. The number of hydrogen-bond donors (Lipinski definition) is 1. The number of carbonyl (C=O) groups is 1. The Balaban J connectivity index is 2.10. The van der Waals surface area contributed by atoms with E-state index < -0.39 is 0 Å². The van der Waals surface area contributed by atoms with Crippen LogP contribution in [-0.4, -0.2) is 16.6 Å². The minimum atomic E-state index is -0.361. The van der Waals surface area contributed by atoms with Crippen molar-refractivity contribution in [3.63, 3.8) is 0 Å². The number of nitrogens with one attached hydrogen (secondary N) is 1. The maximum atomic E-state index is 11.6. The fourth-order valence-electron chi connectivity index (χ4n) is 1.47. The smallest absolute Gasteiger partial charge is 0.307 e. The van der Waals surface area contributed by atoms with E-state index in [1.807, 2.05) is 19.1 Å². The third kappa shape index (κ3) is 2.82. The highest BCUT2D eigenvalue weighted by atomic mass is 16.3. The number of amides is 1. The Kier molecular flexibility index (Phi) is 3.86. The molecule has 0 fully saturated rings. The predicted molar refractivity (Wildman–Crippen MR) is 67.2 cm³/mol. The van der Waals surface area contributed by atoms with Crippen molar-refractivity contribution in [2.75, 3.05) is 0 Å². The molecule has 18 heavy (non-hydrogen) atoms. The Morgan fingerprint density at radius 2 is 2.17 bits per heavy atom. The molecule has 1 amide bonds. The van der Waals surface area contributed by atoms with Crippen molar-refractivity contribution in [2.45, 2.75) is 13.3 Å². The van der Waals surface area contributed by atoms with Gasteiger partial charge in [0.1, 0.15) is 0 Å². The second-order valence-electron chi connectivity index (χ2n) is 3.57. The minimum absolute atomic E-state index is 0.240. The number of aromatic nitrogens is 1. The van der Waals surface area contributed by atoms with Crippen LogP contribution in [0.3, 0.4) is 0 Å². The summed E-state index contributed by atoms with van der Waals surface area (Å²) in [6, 6.07) is 6.94. The van der Waals surface area contributed by atoms with Crippen LogP contribution in [-0.2, 0) is 0 Å². The van der Waals surface area contributed by atoms with Crippen molar-refractivity contribution < 1.29 is 9.21 Å². The van der Waals surface area contributed by atoms with Crippen molar-refractivity contribution in [3.05, 3.63) is 54.2 Å². The number of pyridine rings is 1. The minimum Gasteiger partial charge on any atom is -0.459 e. The molecule has 5 heteroatoms. The summed E-state index contributed by atoms with van der Waals surface area (Å²) >= 11 is 0. The molecule has 0 radical (unpaired) electrons. The molecule has 2 aromatic heterocycles. The zero-order valence-corrected chi connectivity index (χ0v) is 9.96. The van der Waals surface area contributed by atoms with Crippen molar-refractivity contribution in [2.24, 2.45) is 5.10 Å². The van der Waals surface area contributed by atoms with E-state index in [1.54, 1.807) is 24.5 Å². The molecule has 0 spiro atoms. The fourth-order valence-corrected chi connectivity index (χ4v) is 1.47. The first kappa shape index (κ1) is 12.0. The van der Waals surface area contributed by atoms with Gasteiger partial charge in [-0.05, 0) is 30.7 Å². The van der Waals surface area contributed by atoms with Crippen LogP contribution in [0.25, 0.3) is 0 Å². The molecule has 0 aliphatic rings. The van der Waals surface area contributed by atoms with Gasteiger partial charge in [0.2, 0.25) is 0 Å². The van der Waals surface area contributed by atoms with Gasteiger partial charge >= 0.3 is 5.91 Å². The van der Waals surface area contributed by atoms with Crippen molar-refractivity contribution in [3.8, 4) is 0 Å². The standard InChI is InChI=1S/C13H13N3O2/c1-2-11(10-5-7-14-8-6-10)15-16-13(17)12-4-3-9-18-12/h3-9H,2H2,1H3,(H,16,17). The largest absolute Gasteiger partial charge is 0.459 e. The lowest BCUT2D eigenvalue weighted by Crippen LogP contribution is -2.19. The second-order valence-corrected chi connectivity index (χ2v) is 3.57. The molecule has 0 saturated carbocycles. The molecule has 0 unspecified atom stereocenters. The van der Waals surface area contributed by atoms with Gasteiger partial charge < -0.3 is 4.42 Å². The SMILES string of the molecule is CCC(=NNC(=O)c1ccco1)c1ccncc1. The van der Waals surface area contributed by atoms with Crippen LogP contribution in [0, 0.1) is 0 Å². The summed E-state index contributed by atoms with van der Waals surface area (Å²) in [6.07, 6.45) is 5.54. The summed E-state index contributed by atoms with van der Waals surface area (Å²) in [5.41, 5.74) is 4.20. The summed E-state index contributed by atoms with van der Waals surface area (Å²) < 4.78 is 4.98. The predicted octanol–water partition coefficient (Wildman–Crippen LogP) is 2.22. The first-order chi connectivity index (χ1) is 8.81. The lowest BCUT2D eigenvalue weighted by Gasteiger charge is -2.03. The van der Waals surface area contributed by atoms with E-state index in [2.05, 4.69) is 15.5 Å². The highest BCUT2D eigenvalue weighted by molar-refractivity contribution is 6.01. The maximum Gasteiger partial charge on any atom is 0.307 e. The molecular formula is C13H13N3O2. The van der Waals surface area contributed by atoms with Crippen LogP contribution in [0.1, 0.15) is 29.5 Å². The fraction of sp³-hybridized carbons (Fsp3) is 0.154. The molecule has 0 atom stereocenters. The van der Waals surface area contributed by atoms with Gasteiger partial charge in [0.15, 0.2) is 5.76 Å². The van der Waals surface area contributed by atoms with Gasteiger partial charge in [-0.15, -0.1) is 0 Å². The summed E-state index contributed by atoms with van der Waals surface area (Å²) in [4.78, 5) is 15.6. The van der Waals surface area contributed by atoms with Crippen LogP contribution in [0.15, 0.2) is 52.4 Å². The molecule has 92 valence electrons. The summed E-state index contributed by atoms with van der Waals surface area (Å²) in [5.74, 6) is -0.121. The van der Waals surface area contributed by atoms with E-state index in [9.17, 15) is 4.79 Å². The van der Waals surface area contributed by atoms with Gasteiger partial charge in [0.25, 0.3) is 0 Å². The van der Waals surface area contributed by atoms with E-state index in [1.165, 1.54) is 6.26 Å². The van der Waals surface area contributed by atoms with Crippen molar-refractivity contribution in [1.29, 1.82) is 0 Å². The van der Waals surface area contributed by atoms with Gasteiger partial charge in [-0.3, -0.25) is 9.78 Å². The van der Waals surface area contributed by atoms with Crippen LogP contribution in [0.5, 0.6) is 0 Å². The first-order valence-corrected chi connectivity index (χ1v) is 5.62. The molecule has 2 aromatic rings. The van der Waals surface area contributed by atoms with Crippen LogP contribution in [0.2, 0.25) is 0 Å². The van der Waals surface area contributed by atoms with Gasteiger partial charge in [-0.1, -0.05) is 6.92 Å². The molecular weight excluding hydrogens is 230 g/mol. The van der Waals surface area contributed by atoms with E-state index in [0.717, 1.165) is 11.3 Å². The zero-order chi connectivity index (χ0) is 12.8. The normalized spacial score (nSPS) is 11.3. The van der Waals surface area contributed by atoms with Gasteiger partial charge in [-0.25, -0.2) is 5.43 Å². The van der Waals surface area contributed by atoms with E-state index in [0.29, 0.717) is 6.42 Å². The average molecular weight is 243 g/mol. The molecule has 2 rings (SSSR count). The van der Waals surface area contributed by atoms with Crippen LogP contribution >= 0.6 is 0 Å². The monoisotopic (exact) mass is 243 g/mol. The highest BCUT2D eigenvalue weighted by Crippen LogP contribution is 2.03. The quantitative estimate of drug-likeness (QED) is 0.661. The Morgan fingerprint density at radius 1 is 1.39 bits per heavy atom. The lowest BCUT2D eigenvalue weighted by atomic mass is 10.1. The zero-order valence-electron chi connectivity index (χ0n) is 9.96. The Labute approximate surface area is 105 Å². The molecule has 0 bridgehead atoms. The van der Waals surface area contributed by atoms with Crippen molar-refractivity contribution in [1.82, 2.24) is 10.4 Å². The second kappa shape index (κ2) is 5.77. The highest BCUT2D eigenvalue weighted by Gasteiger charge is 2.07. The molecule has 0 saturated heterocycles. The Hall–Kier alpha value is -2.43. The van der Waals surface area contributed by atoms with Crippen LogP contribution < -0.4 is 5.43 Å². The number of rotatable bonds is 4. The lowest BCUT2D eigenvalue weighted by molar-refractivity contribution is 0.0927. The van der Waals surface area contributed by atoms with Crippen molar-refractivity contribution >= 4 is 11.6 Å². The van der Waals surface area contributed by atoms with E-state index in [-0.39, 0.29) is 11.7 Å². The number of furan rings is 1. The number of hydrogen-bond acceptors (Lipinski definition) is 4. The van der Waals surface area contributed by atoms with Gasteiger partial charge in [0, 0.05) is 18.0 Å². The summed E-state index contributed by atoms with van der Waals surface area (Å²) in [5, 5.41) is 4.10.